The van der Waals surface area contributed by atoms with Crippen molar-refractivity contribution in [1.29, 1.82) is 0 Å². The van der Waals surface area contributed by atoms with Crippen LogP contribution in [-0.2, 0) is 22.5 Å². The van der Waals surface area contributed by atoms with Crippen LogP contribution >= 0.6 is 0 Å². The van der Waals surface area contributed by atoms with Gasteiger partial charge in [-0.3, -0.25) is 9.78 Å². The van der Waals surface area contributed by atoms with E-state index in [4.69, 9.17) is 9.26 Å². The van der Waals surface area contributed by atoms with E-state index in [9.17, 15) is 4.79 Å². The SMILES string of the molecule is Cc1noc(CCCC(=O)N(Cc2cccnc2)CC2CCCO2)n1. The summed E-state index contributed by atoms with van der Waals surface area (Å²) in [5, 5.41) is 3.77. The molecule has 0 aliphatic carbocycles. The molecule has 0 aromatic carbocycles. The predicted octanol–water partition coefficient (Wildman–Crippen LogP) is 2.30. The van der Waals surface area contributed by atoms with Crippen LogP contribution < -0.4 is 0 Å². The molecule has 1 aliphatic rings. The number of pyridine rings is 1. The zero-order valence-corrected chi connectivity index (χ0v) is 14.6. The first-order valence-electron chi connectivity index (χ1n) is 8.78. The highest BCUT2D eigenvalue weighted by molar-refractivity contribution is 5.76. The predicted molar refractivity (Wildman–Crippen MR) is 90.6 cm³/mol. The number of amides is 1. The van der Waals surface area contributed by atoms with E-state index in [1.807, 2.05) is 17.0 Å². The molecule has 1 saturated heterocycles. The monoisotopic (exact) mass is 344 g/mol. The molecule has 1 aliphatic heterocycles. The van der Waals surface area contributed by atoms with E-state index in [-0.39, 0.29) is 12.0 Å². The maximum atomic E-state index is 12.7. The van der Waals surface area contributed by atoms with Gasteiger partial charge in [-0.15, -0.1) is 0 Å². The fourth-order valence-electron chi connectivity index (χ4n) is 2.99. The van der Waals surface area contributed by atoms with Crippen LogP contribution in [-0.4, -0.2) is 45.2 Å². The van der Waals surface area contributed by atoms with Gasteiger partial charge >= 0.3 is 0 Å². The maximum absolute atomic E-state index is 12.7. The Balaban J connectivity index is 1.55. The second-order valence-corrected chi connectivity index (χ2v) is 6.36. The molecule has 0 radical (unpaired) electrons. The number of nitrogens with zero attached hydrogens (tertiary/aromatic N) is 4. The molecule has 7 nitrogen and oxygen atoms in total. The van der Waals surface area contributed by atoms with E-state index in [0.29, 0.717) is 44.1 Å². The Hall–Kier alpha value is -2.28. The summed E-state index contributed by atoms with van der Waals surface area (Å²) in [6, 6.07) is 3.88. The minimum Gasteiger partial charge on any atom is -0.376 e. The van der Waals surface area contributed by atoms with Crippen molar-refractivity contribution in [2.24, 2.45) is 0 Å². The highest BCUT2D eigenvalue weighted by Crippen LogP contribution is 2.16. The van der Waals surface area contributed by atoms with Crippen molar-refractivity contribution >= 4 is 5.91 Å². The number of rotatable bonds is 8. The summed E-state index contributed by atoms with van der Waals surface area (Å²) in [6.45, 7) is 3.77. The van der Waals surface area contributed by atoms with E-state index in [0.717, 1.165) is 25.0 Å². The van der Waals surface area contributed by atoms with Gasteiger partial charge in [0.15, 0.2) is 5.82 Å². The smallest absolute Gasteiger partial charge is 0.226 e. The minimum atomic E-state index is 0.121. The molecule has 134 valence electrons. The van der Waals surface area contributed by atoms with Crippen LogP contribution in [0.1, 0.15) is 43.0 Å². The van der Waals surface area contributed by atoms with E-state index < -0.39 is 0 Å². The molecule has 25 heavy (non-hydrogen) atoms. The summed E-state index contributed by atoms with van der Waals surface area (Å²) in [5.74, 6) is 1.33. The lowest BCUT2D eigenvalue weighted by Gasteiger charge is -2.25. The van der Waals surface area contributed by atoms with E-state index >= 15 is 0 Å². The molecule has 7 heteroatoms. The van der Waals surface area contributed by atoms with Crippen molar-refractivity contribution < 1.29 is 14.1 Å². The van der Waals surface area contributed by atoms with Gasteiger partial charge in [-0.1, -0.05) is 11.2 Å². The Kier molecular flexibility index (Phi) is 6.11. The lowest BCUT2D eigenvalue weighted by Crippen LogP contribution is -2.36. The van der Waals surface area contributed by atoms with E-state index in [1.165, 1.54) is 0 Å². The third-order valence-corrected chi connectivity index (χ3v) is 4.25. The average Bonchev–Trinajstić information content (AvgIpc) is 3.27. The highest BCUT2D eigenvalue weighted by Gasteiger charge is 2.22. The van der Waals surface area contributed by atoms with E-state index in [1.54, 1.807) is 19.3 Å². The van der Waals surface area contributed by atoms with Crippen LogP contribution in [0, 0.1) is 6.92 Å². The summed E-state index contributed by atoms with van der Waals surface area (Å²) < 4.78 is 10.8. The molecular formula is C18H24N4O3. The first-order valence-corrected chi connectivity index (χ1v) is 8.78. The quantitative estimate of drug-likeness (QED) is 0.731. The van der Waals surface area contributed by atoms with Crippen LogP contribution in [0.2, 0.25) is 0 Å². The molecule has 3 rings (SSSR count). The normalized spacial score (nSPS) is 16.9. The first kappa shape index (κ1) is 17.5. The van der Waals surface area contributed by atoms with Crippen LogP contribution in [0.25, 0.3) is 0 Å². The van der Waals surface area contributed by atoms with Crippen LogP contribution in [0.3, 0.4) is 0 Å². The van der Waals surface area contributed by atoms with Crippen molar-refractivity contribution in [2.45, 2.75) is 51.7 Å². The van der Waals surface area contributed by atoms with Gasteiger partial charge < -0.3 is 14.2 Å². The van der Waals surface area contributed by atoms with Gasteiger partial charge in [0.25, 0.3) is 0 Å². The van der Waals surface area contributed by atoms with Gasteiger partial charge in [0.05, 0.1) is 6.10 Å². The van der Waals surface area contributed by atoms with Crippen molar-refractivity contribution in [3.8, 4) is 0 Å². The molecule has 3 heterocycles. The fraction of sp³-hybridized carbons (Fsp3) is 0.556. The topological polar surface area (TPSA) is 81.4 Å². The number of ether oxygens (including phenoxy) is 1. The maximum Gasteiger partial charge on any atom is 0.226 e. The Morgan fingerprint density at radius 2 is 2.36 bits per heavy atom. The van der Waals surface area contributed by atoms with Gasteiger partial charge in [0.2, 0.25) is 11.8 Å². The molecular weight excluding hydrogens is 320 g/mol. The number of aryl methyl sites for hydroxylation is 2. The molecule has 2 aromatic heterocycles. The standard InChI is InChI=1S/C18H24N4O3/c1-14-20-17(25-21-14)7-2-8-18(23)22(13-16-6-4-10-24-16)12-15-5-3-9-19-11-15/h3,5,9,11,16H,2,4,6-8,10,12-13H2,1H3. The average molecular weight is 344 g/mol. The molecule has 0 N–H and O–H groups in total. The molecule has 1 fully saturated rings. The number of carbonyl (C=O) groups is 1. The third kappa shape index (κ3) is 5.35. The molecule has 1 amide bonds. The summed E-state index contributed by atoms with van der Waals surface area (Å²) >= 11 is 0. The molecule has 1 atom stereocenters. The Bertz CT molecular complexity index is 668. The zero-order chi connectivity index (χ0) is 17.5. The molecule has 1 unspecified atom stereocenters. The van der Waals surface area contributed by atoms with Gasteiger partial charge in [0, 0.05) is 44.9 Å². The molecule has 0 spiro atoms. The molecule has 0 saturated carbocycles. The largest absolute Gasteiger partial charge is 0.376 e. The molecule has 0 bridgehead atoms. The second-order valence-electron chi connectivity index (χ2n) is 6.36. The van der Waals surface area contributed by atoms with Crippen molar-refractivity contribution in [3.05, 3.63) is 41.8 Å². The number of aromatic nitrogens is 3. The van der Waals surface area contributed by atoms with Crippen LogP contribution in [0.4, 0.5) is 0 Å². The number of hydrogen-bond donors (Lipinski definition) is 0. The van der Waals surface area contributed by atoms with Gasteiger partial charge in [-0.2, -0.15) is 4.98 Å². The Morgan fingerprint density at radius 1 is 1.44 bits per heavy atom. The molecule has 2 aromatic rings. The van der Waals surface area contributed by atoms with Gasteiger partial charge in [0.1, 0.15) is 0 Å². The van der Waals surface area contributed by atoms with E-state index in [2.05, 4.69) is 15.1 Å². The fourth-order valence-corrected chi connectivity index (χ4v) is 2.99. The minimum absolute atomic E-state index is 0.121. The third-order valence-electron chi connectivity index (χ3n) is 4.25. The van der Waals surface area contributed by atoms with Gasteiger partial charge in [-0.25, -0.2) is 0 Å². The van der Waals surface area contributed by atoms with Crippen molar-refractivity contribution in [3.63, 3.8) is 0 Å². The lowest BCUT2D eigenvalue weighted by molar-refractivity contribution is -0.133. The highest BCUT2D eigenvalue weighted by atomic mass is 16.5. The Morgan fingerprint density at radius 3 is 3.04 bits per heavy atom. The van der Waals surface area contributed by atoms with Crippen molar-refractivity contribution in [2.75, 3.05) is 13.2 Å². The summed E-state index contributed by atoms with van der Waals surface area (Å²) in [6.07, 6.45) is 7.52. The van der Waals surface area contributed by atoms with Crippen molar-refractivity contribution in [1.82, 2.24) is 20.0 Å². The first-order chi connectivity index (χ1) is 12.2. The summed E-state index contributed by atoms with van der Waals surface area (Å²) in [4.78, 5) is 22.9. The summed E-state index contributed by atoms with van der Waals surface area (Å²) in [7, 11) is 0. The summed E-state index contributed by atoms with van der Waals surface area (Å²) in [5.41, 5.74) is 1.03. The number of carbonyl (C=O) groups excluding carboxylic acids is 1. The zero-order valence-electron chi connectivity index (χ0n) is 14.6. The van der Waals surface area contributed by atoms with Gasteiger partial charge in [-0.05, 0) is 37.8 Å². The number of hydrogen-bond acceptors (Lipinski definition) is 6. The second kappa shape index (κ2) is 8.71. The van der Waals surface area contributed by atoms with Crippen LogP contribution in [0.5, 0.6) is 0 Å². The Labute approximate surface area is 147 Å². The lowest BCUT2D eigenvalue weighted by atomic mass is 10.1. The van der Waals surface area contributed by atoms with Crippen LogP contribution in [0.15, 0.2) is 29.0 Å².